The van der Waals surface area contributed by atoms with E-state index in [0.717, 1.165) is 17.0 Å². The fourth-order valence-corrected chi connectivity index (χ4v) is 7.12. The van der Waals surface area contributed by atoms with E-state index >= 15 is 0 Å². The van der Waals surface area contributed by atoms with Crippen molar-refractivity contribution in [2.24, 2.45) is 5.92 Å². The molecule has 20 heavy (non-hydrogen) atoms. The minimum atomic E-state index is 0.164. The van der Waals surface area contributed by atoms with Crippen LogP contribution in [0.1, 0.15) is 12.0 Å². The molecule has 2 nitrogen and oxygen atoms in total. The van der Waals surface area contributed by atoms with Crippen molar-refractivity contribution in [1.82, 2.24) is 4.98 Å². The Hall–Kier alpha value is -0.300. The molecule has 0 radical (unpaired) electrons. The van der Waals surface area contributed by atoms with Crippen molar-refractivity contribution in [3.05, 3.63) is 41.6 Å². The van der Waals surface area contributed by atoms with Gasteiger partial charge in [-0.05, 0) is 40.0 Å². The average Bonchev–Trinajstić information content (AvgIpc) is 2.84. The maximum Gasteiger partial charge on any atom is 0.125 e. The molecule has 2 aliphatic rings. The molecule has 0 N–H and O–H groups in total. The molecular weight excluding hydrogens is 326 g/mol. The number of rotatable bonds is 6. The van der Waals surface area contributed by atoms with Crippen molar-refractivity contribution in [3.8, 4) is 0 Å². The molecule has 1 fully saturated rings. The summed E-state index contributed by atoms with van der Waals surface area (Å²) in [6.07, 6.45) is 5.28. The SMILES string of the molecule is C1=CC2CC2(CSSSCc2ccc3scnc3c2)O1. The summed E-state index contributed by atoms with van der Waals surface area (Å²) >= 11 is 1.70. The van der Waals surface area contributed by atoms with Gasteiger partial charge in [-0.2, -0.15) is 0 Å². The Morgan fingerprint density at radius 3 is 3.25 bits per heavy atom. The first-order valence-corrected chi connectivity index (χ1v) is 11.1. The van der Waals surface area contributed by atoms with Gasteiger partial charge in [-0.15, -0.1) is 11.3 Å². The van der Waals surface area contributed by atoms with E-state index in [9.17, 15) is 0 Å². The van der Waals surface area contributed by atoms with Gasteiger partial charge in [0, 0.05) is 17.4 Å². The van der Waals surface area contributed by atoms with E-state index < -0.39 is 0 Å². The molecule has 0 spiro atoms. The van der Waals surface area contributed by atoms with Gasteiger partial charge in [0.25, 0.3) is 0 Å². The van der Waals surface area contributed by atoms with E-state index in [2.05, 4.69) is 29.3 Å². The number of nitrogens with zero attached hydrogens (tertiary/aromatic N) is 1. The molecule has 1 saturated carbocycles. The predicted molar refractivity (Wildman–Crippen MR) is 92.0 cm³/mol. The lowest BCUT2D eigenvalue weighted by Gasteiger charge is -2.11. The standard InChI is InChI=1S/C14H13NOS4/c1-2-13-12(15-9-17-13)5-10(1)7-18-20-19-8-14-6-11(14)3-4-16-14/h1-5,9,11H,6-8H2. The molecule has 1 aromatic heterocycles. The van der Waals surface area contributed by atoms with Crippen LogP contribution >= 0.6 is 42.8 Å². The summed E-state index contributed by atoms with van der Waals surface area (Å²) in [5, 5.41) is 0. The van der Waals surface area contributed by atoms with Crippen molar-refractivity contribution in [3.63, 3.8) is 0 Å². The zero-order chi connectivity index (χ0) is 13.4. The monoisotopic (exact) mass is 339 g/mol. The second-order valence-corrected chi connectivity index (χ2v) is 10.2. The van der Waals surface area contributed by atoms with Crippen LogP contribution in [0.2, 0.25) is 0 Å². The first-order valence-electron chi connectivity index (χ1n) is 6.43. The van der Waals surface area contributed by atoms with Crippen molar-refractivity contribution in [2.75, 3.05) is 5.75 Å². The topological polar surface area (TPSA) is 22.1 Å². The summed E-state index contributed by atoms with van der Waals surface area (Å²) in [5.74, 6) is 2.81. The molecule has 1 aliphatic heterocycles. The van der Waals surface area contributed by atoms with E-state index in [4.69, 9.17) is 4.74 Å². The lowest BCUT2D eigenvalue weighted by atomic mass is 10.2. The van der Waals surface area contributed by atoms with Crippen LogP contribution in [0.15, 0.2) is 36.0 Å². The molecule has 4 rings (SSSR count). The van der Waals surface area contributed by atoms with Crippen LogP contribution in [0.3, 0.4) is 0 Å². The van der Waals surface area contributed by atoms with Gasteiger partial charge in [0.05, 0.1) is 22.0 Å². The molecule has 2 unspecified atom stereocenters. The molecule has 104 valence electrons. The van der Waals surface area contributed by atoms with Gasteiger partial charge in [0.1, 0.15) is 5.60 Å². The molecule has 6 heteroatoms. The van der Waals surface area contributed by atoms with Gasteiger partial charge in [-0.1, -0.05) is 27.7 Å². The largest absolute Gasteiger partial charge is 0.494 e. The minimum absolute atomic E-state index is 0.164. The maximum atomic E-state index is 5.69. The Labute approximate surface area is 133 Å². The van der Waals surface area contributed by atoms with Gasteiger partial charge < -0.3 is 4.74 Å². The zero-order valence-corrected chi connectivity index (χ0v) is 13.9. The predicted octanol–water partition coefficient (Wildman–Crippen LogP) is 5.13. The molecule has 1 aliphatic carbocycles. The van der Waals surface area contributed by atoms with Crippen LogP contribution in [0, 0.1) is 5.92 Å². The summed E-state index contributed by atoms with van der Waals surface area (Å²) in [6, 6.07) is 6.58. The Morgan fingerprint density at radius 1 is 1.40 bits per heavy atom. The number of aromatic nitrogens is 1. The Bertz CT molecular complexity index is 655. The Morgan fingerprint density at radius 2 is 2.40 bits per heavy atom. The summed E-state index contributed by atoms with van der Waals surface area (Å²) in [6.45, 7) is 0. The molecule has 2 aromatic rings. The van der Waals surface area contributed by atoms with Gasteiger partial charge in [0.2, 0.25) is 0 Å². The number of hydrogen-bond donors (Lipinski definition) is 0. The van der Waals surface area contributed by atoms with Crippen LogP contribution in [0.4, 0.5) is 0 Å². The normalized spacial score (nSPS) is 26.7. The van der Waals surface area contributed by atoms with Gasteiger partial charge in [-0.3, -0.25) is 0 Å². The summed E-state index contributed by atoms with van der Waals surface area (Å²) in [4.78, 5) is 4.36. The molecule has 0 saturated heterocycles. The van der Waals surface area contributed by atoms with Crippen molar-refractivity contribution in [2.45, 2.75) is 17.8 Å². The van der Waals surface area contributed by atoms with Crippen LogP contribution < -0.4 is 0 Å². The Kier molecular flexibility index (Phi) is 3.66. The average molecular weight is 340 g/mol. The molecule has 1 aromatic carbocycles. The second kappa shape index (κ2) is 5.48. The quantitative estimate of drug-likeness (QED) is 0.536. The number of hydrogen-bond acceptors (Lipinski definition) is 6. The maximum absolute atomic E-state index is 5.69. The number of ether oxygens (including phenoxy) is 1. The van der Waals surface area contributed by atoms with E-state index in [-0.39, 0.29) is 5.60 Å². The lowest BCUT2D eigenvalue weighted by molar-refractivity contribution is 0.152. The molecule has 2 atom stereocenters. The second-order valence-electron chi connectivity index (χ2n) is 5.07. The fraction of sp³-hybridized carbons (Fsp3) is 0.357. The van der Waals surface area contributed by atoms with Crippen LogP contribution in [-0.2, 0) is 10.5 Å². The number of fused-ring (bicyclic) bond motifs is 2. The summed E-state index contributed by atoms with van der Waals surface area (Å²) in [7, 11) is 5.69. The highest BCUT2D eigenvalue weighted by Gasteiger charge is 2.57. The van der Waals surface area contributed by atoms with Gasteiger partial charge >= 0.3 is 0 Å². The number of thiazole rings is 1. The first-order chi connectivity index (χ1) is 9.86. The first kappa shape index (κ1) is 13.4. The van der Waals surface area contributed by atoms with Crippen LogP contribution in [0.25, 0.3) is 10.2 Å². The van der Waals surface area contributed by atoms with Crippen molar-refractivity contribution < 1.29 is 4.74 Å². The third-order valence-electron chi connectivity index (χ3n) is 3.71. The van der Waals surface area contributed by atoms with Gasteiger partial charge in [-0.25, -0.2) is 4.98 Å². The summed E-state index contributed by atoms with van der Waals surface area (Å²) < 4.78 is 6.96. The third-order valence-corrected chi connectivity index (χ3v) is 8.79. The molecular formula is C14H13NOS4. The fourth-order valence-electron chi connectivity index (χ4n) is 2.40. The molecule has 0 bridgehead atoms. The van der Waals surface area contributed by atoms with Gasteiger partial charge in [0.15, 0.2) is 0 Å². The minimum Gasteiger partial charge on any atom is -0.494 e. The summed E-state index contributed by atoms with van der Waals surface area (Å²) in [5.41, 5.74) is 4.55. The van der Waals surface area contributed by atoms with Crippen molar-refractivity contribution in [1.29, 1.82) is 0 Å². The highest BCUT2D eigenvalue weighted by Crippen LogP contribution is 2.55. The lowest BCUT2D eigenvalue weighted by Crippen LogP contribution is -2.13. The van der Waals surface area contributed by atoms with E-state index in [1.807, 2.05) is 43.2 Å². The van der Waals surface area contributed by atoms with E-state index in [0.29, 0.717) is 5.92 Å². The molecule has 2 heterocycles. The van der Waals surface area contributed by atoms with E-state index in [1.54, 1.807) is 11.3 Å². The highest BCUT2D eigenvalue weighted by molar-refractivity contribution is 9.09. The number of benzene rings is 1. The zero-order valence-electron chi connectivity index (χ0n) is 10.7. The van der Waals surface area contributed by atoms with Crippen LogP contribution in [0.5, 0.6) is 0 Å². The Balaban J connectivity index is 1.22. The van der Waals surface area contributed by atoms with Crippen molar-refractivity contribution >= 4 is 53.0 Å². The van der Waals surface area contributed by atoms with E-state index in [1.165, 1.54) is 16.7 Å². The smallest absolute Gasteiger partial charge is 0.125 e. The highest BCUT2D eigenvalue weighted by atomic mass is 33.5. The van der Waals surface area contributed by atoms with Crippen LogP contribution in [-0.4, -0.2) is 16.3 Å². The molecule has 0 amide bonds. The third kappa shape index (κ3) is 2.58.